The lowest BCUT2D eigenvalue weighted by Gasteiger charge is -2.14. The van der Waals surface area contributed by atoms with E-state index in [1.807, 2.05) is 12.1 Å². The van der Waals surface area contributed by atoms with Gasteiger partial charge in [-0.05, 0) is 43.0 Å². The van der Waals surface area contributed by atoms with Crippen LogP contribution in [0.3, 0.4) is 0 Å². The van der Waals surface area contributed by atoms with Crippen molar-refractivity contribution in [3.05, 3.63) is 41.0 Å². The highest BCUT2D eigenvalue weighted by Gasteiger charge is 2.16. The summed E-state index contributed by atoms with van der Waals surface area (Å²) < 4.78 is 0. The molecule has 84 valence electrons. The molecule has 0 unspecified atom stereocenters. The molecular formula is C14H17NO. The minimum absolute atomic E-state index is 0.287. The van der Waals surface area contributed by atoms with Gasteiger partial charge in [-0.15, -0.1) is 0 Å². The van der Waals surface area contributed by atoms with Crippen molar-refractivity contribution < 1.29 is 4.79 Å². The number of fused-ring (bicyclic) bond motifs is 1. The number of carbonyl (C=O) groups excluding carboxylic acids is 1. The van der Waals surface area contributed by atoms with Crippen LogP contribution in [0.2, 0.25) is 0 Å². The lowest BCUT2D eigenvalue weighted by molar-refractivity contribution is 0.0972. The lowest BCUT2D eigenvalue weighted by atomic mass is 9.89. The zero-order chi connectivity index (χ0) is 11.4. The fourth-order valence-corrected chi connectivity index (χ4v) is 2.07. The highest BCUT2D eigenvalue weighted by molar-refractivity contribution is 5.98. The van der Waals surface area contributed by atoms with E-state index in [1.165, 1.54) is 5.56 Å². The van der Waals surface area contributed by atoms with Crippen molar-refractivity contribution in [3.63, 3.8) is 0 Å². The van der Waals surface area contributed by atoms with Gasteiger partial charge in [-0.25, -0.2) is 0 Å². The van der Waals surface area contributed by atoms with Gasteiger partial charge < -0.3 is 5.73 Å². The minimum Gasteiger partial charge on any atom is -0.330 e. The van der Waals surface area contributed by atoms with Crippen LogP contribution < -0.4 is 5.73 Å². The number of rotatable bonds is 3. The van der Waals surface area contributed by atoms with Crippen LogP contribution in [0, 0.1) is 0 Å². The van der Waals surface area contributed by atoms with Crippen LogP contribution in [0.15, 0.2) is 24.3 Å². The zero-order valence-electron chi connectivity index (χ0n) is 9.41. The van der Waals surface area contributed by atoms with Crippen molar-refractivity contribution in [2.75, 3.05) is 6.54 Å². The fraction of sp³-hybridized carbons (Fsp3) is 0.357. The summed E-state index contributed by atoms with van der Waals surface area (Å²) in [5.74, 6) is 0.287. The first-order chi connectivity index (χ1) is 7.81. The van der Waals surface area contributed by atoms with Gasteiger partial charge in [-0.1, -0.05) is 24.3 Å². The summed E-state index contributed by atoms with van der Waals surface area (Å²) in [4.78, 5) is 11.7. The number of Topliss-reactive ketones (excluding diaryl/α,β-unsaturated/α-hetero) is 1. The third-order valence-corrected chi connectivity index (χ3v) is 2.93. The van der Waals surface area contributed by atoms with E-state index >= 15 is 0 Å². The molecule has 1 aromatic carbocycles. The van der Waals surface area contributed by atoms with Crippen molar-refractivity contribution in [3.8, 4) is 0 Å². The molecule has 0 aromatic heterocycles. The third-order valence-electron chi connectivity index (χ3n) is 2.93. The van der Waals surface area contributed by atoms with Crippen LogP contribution in [0.5, 0.6) is 0 Å². The molecule has 2 heteroatoms. The maximum atomic E-state index is 11.7. The summed E-state index contributed by atoms with van der Waals surface area (Å²) in [5, 5.41) is 0. The normalized spacial score (nSPS) is 15.4. The van der Waals surface area contributed by atoms with Crippen molar-refractivity contribution in [2.24, 2.45) is 5.73 Å². The summed E-state index contributed by atoms with van der Waals surface area (Å²) in [7, 11) is 0. The average molecular weight is 215 g/mol. The van der Waals surface area contributed by atoms with Gasteiger partial charge in [0, 0.05) is 12.0 Å². The Labute approximate surface area is 96.2 Å². The Hall–Kier alpha value is -1.41. The topological polar surface area (TPSA) is 43.1 Å². The maximum absolute atomic E-state index is 11.7. The largest absolute Gasteiger partial charge is 0.330 e. The van der Waals surface area contributed by atoms with Crippen LogP contribution in [-0.2, 0) is 6.42 Å². The first-order valence-electron chi connectivity index (χ1n) is 5.84. The molecule has 0 spiro atoms. The van der Waals surface area contributed by atoms with Gasteiger partial charge in [0.05, 0.1) is 0 Å². The Morgan fingerprint density at radius 3 is 3.00 bits per heavy atom. The Kier molecular flexibility index (Phi) is 3.52. The Bertz CT molecular complexity index is 421. The van der Waals surface area contributed by atoms with Gasteiger partial charge >= 0.3 is 0 Å². The van der Waals surface area contributed by atoms with E-state index in [2.05, 4.69) is 18.2 Å². The number of carbonyl (C=O) groups is 1. The molecular weight excluding hydrogens is 198 g/mol. The predicted octanol–water partition coefficient (Wildman–Crippen LogP) is 2.57. The van der Waals surface area contributed by atoms with E-state index in [4.69, 9.17) is 5.73 Å². The van der Waals surface area contributed by atoms with Gasteiger partial charge in [-0.3, -0.25) is 4.79 Å². The van der Waals surface area contributed by atoms with E-state index in [9.17, 15) is 4.79 Å². The first-order valence-corrected chi connectivity index (χ1v) is 5.84. The summed E-state index contributed by atoms with van der Waals surface area (Å²) >= 11 is 0. The van der Waals surface area contributed by atoms with E-state index in [0.717, 1.165) is 30.4 Å². The standard InChI is InChI=1S/C14H17NO/c15-9-2-1-4-11-7-8-12-5-3-6-14(16)13(12)10-11/h1,4,7-8,10H,2-3,5-6,9,15H2. The molecule has 16 heavy (non-hydrogen) atoms. The number of nitrogens with two attached hydrogens (primary N) is 1. The maximum Gasteiger partial charge on any atom is 0.163 e. The number of hydrogen-bond acceptors (Lipinski definition) is 2. The lowest BCUT2D eigenvalue weighted by Crippen LogP contribution is -2.10. The van der Waals surface area contributed by atoms with Crippen molar-refractivity contribution in [2.45, 2.75) is 25.7 Å². The van der Waals surface area contributed by atoms with Gasteiger partial charge in [0.25, 0.3) is 0 Å². The van der Waals surface area contributed by atoms with E-state index in [0.29, 0.717) is 13.0 Å². The molecule has 0 fully saturated rings. The molecule has 0 heterocycles. The summed E-state index contributed by atoms with van der Waals surface area (Å²) in [6.07, 6.45) is 7.69. The number of ketones is 1. The quantitative estimate of drug-likeness (QED) is 0.842. The minimum atomic E-state index is 0.287. The van der Waals surface area contributed by atoms with Crippen molar-refractivity contribution >= 4 is 11.9 Å². The Balaban J connectivity index is 2.23. The summed E-state index contributed by atoms with van der Waals surface area (Å²) in [6, 6.07) is 6.16. The Morgan fingerprint density at radius 2 is 2.19 bits per heavy atom. The SMILES string of the molecule is NCCC=Cc1ccc2c(c1)C(=O)CCC2. The molecule has 1 aromatic rings. The molecule has 0 amide bonds. The summed E-state index contributed by atoms with van der Waals surface area (Å²) in [5.41, 5.74) is 8.64. The van der Waals surface area contributed by atoms with E-state index in [1.54, 1.807) is 0 Å². The van der Waals surface area contributed by atoms with Crippen LogP contribution in [0.4, 0.5) is 0 Å². The zero-order valence-corrected chi connectivity index (χ0v) is 9.41. The molecule has 0 radical (unpaired) electrons. The monoisotopic (exact) mass is 215 g/mol. The second-order valence-corrected chi connectivity index (χ2v) is 4.17. The predicted molar refractivity (Wildman–Crippen MR) is 66.4 cm³/mol. The number of aryl methyl sites for hydroxylation is 1. The molecule has 2 nitrogen and oxygen atoms in total. The summed E-state index contributed by atoms with van der Waals surface area (Å²) in [6.45, 7) is 0.667. The molecule has 2 rings (SSSR count). The smallest absolute Gasteiger partial charge is 0.163 e. The average Bonchev–Trinajstić information content (AvgIpc) is 2.30. The van der Waals surface area contributed by atoms with Crippen molar-refractivity contribution in [1.29, 1.82) is 0 Å². The second kappa shape index (κ2) is 5.08. The highest BCUT2D eigenvalue weighted by atomic mass is 16.1. The van der Waals surface area contributed by atoms with Crippen molar-refractivity contribution in [1.82, 2.24) is 0 Å². The van der Waals surface area contributed by atoms with Crippen LogP contribution >= 0.6 is 0 Å². The fourth-order valence-electron chi connectivity index (χ4n) is 2.07. The van der Waals surface area contributed by atoms with Gasteiger partial charge in [0.1, 0.15) is 0 Å². The number of benzene rings is 1. The third kappa shape index (κ3) is 2.39. The first kappa shape index (κ1) is 11.1. The van der Waals surface area contributed by atoms with E-state index in [-0.39, 0.29) is 5.78 Å². The molecule has 0 atom stereocenters. The molecule has 0 saturated heterocycles. The van der Waals surface area contributed by atoms with Gasteiger partial charge in [0.2, 0.25) is 0 Å². The van der Waals surface area contributed by atoms with E-state index < -0.39 is 0 Å². The number of hydrogen-bond donors (Lipinski definition) is 1. The highest BCUT2D eigenvalue weighted by Crippen LogP contribution is 2.22. The molecule has 0 aliphatic heterocycles. The second-order valence-electron chi connectivity index (χ2n) is 4.17. The van der Waals surface area contributed by atoms with Gasteiger partial charge in [0.15, 0.2) is 5.78 Å². The molecule has 1 aliphatic carbocycles. The molecule has 0 bridgehead atoms. The molecule has 0 saturated carbocycles. The molecule has 1 aliphatic rings. The van der Waals surface area contributed by atoms with Gasteiger partial charge in [-0.2, -0.15) is 0 Å². The van der Waals surface area contributed by atoms with Crippen LogP contribution in [0.25, 0.3) is 6.08 Å². The molecule has 2 N–H and O–H groups in total. The van der Waals surface area contributed by atoms with Crippen LogP contribution in [-0.4, -0.2) is 12.3 Å². The Morgan fingerprint density at radius 1 is 1.31 bits per heavy atom. The van der Waals surface area contributed by atoms with Crippen LogP contribution in [0.1, 0.15) is 40.7 Å².